The smallest absolute Gasteiger partial charge is 0.326 e. The van der Waals surface area contributed by atoms with Crippen molar-refractivity contribution >= 4 is 42.3 Å². The monoisotopic (exact) mass is 476 g/mol. The van der Waals surface area contributed by atoms with Gasteiger partial charge in [0.05, 0.1) is 6.04 Å². The molecule has 0 fully saturated rings. The maximum Gasteiger partial charge on any atom is 0.326 e. The Morgan fingerprint density at radius 2 is 1.56 bits per heavy atom. The number of unbranched alkanes of at least 4 members (excludes halogenated alkanes) is 1. The van der Waals surface area contributed by atoms with E-state index in [9.17, 15) is 24.3 Å². The summed E-state index contributed by atoms with van der Waals surface area (Å²) in [5, 5.41) is 16.6. The zero-order chi connectivity index (χ0) is 24.7. The molecule has 0 saturated heterocycles. The molecule has 12 N–H and O–H groups in total. The van der Waals surface area contributed by atoms with Crippen LogP contribution in [0.1, 0.15) is 39.0 Å². The van der Waals surface area contributed by atoms with Crippen LogP contribution in [0.25, 0.3) is 0 Å². The van der Waals surface area contributed by atoms with Crippen molar-refractivity contribution in [2.75, 3.05) is 18.8 Å². The Hall–Kier alpha value is -2.58. The van der Waals surface area contributed by atoms with E-state index in [-0.39, 0.29) is 24.7 Å². The highest BCUT2D eigenvalue weighted by molar-refractivity contribution is 7.80. The largest absolute Gasteiger partial charge is 0.480 e. The minimum atomic E-state index is -1.24. The lowest BCUT2D eigenvalue weighted by atomic mass is 10.1. The van der Waals surface area contributed by atoms with Crippen molar-refractivity contribution in [2.24, 2.45) is 27.9 Å². The summed E-state index contributed by atoms with van der Waals surface area (Å²) in [6.45, 7) is 2.15. The number of nitrogens with zero attached hydrogens (tertiary/aromatic N) is 1. The van der Waals surface area contributed by atoms with Gasteiger partial charge in [-0.3, -0.25) is 19.4 Å². The molecule has 0 rings (SSSR count). The third-order valence-corrected chi connectivity index (χ3v) is 4.80. The zero-order valence-electron chi connectivity index (χ0n) is 18.3. The molecule has 0 aromatic rings. The average Bonchev–Trinajstić information content (AvgIpc) is 2.73. The molecule has 0 heterocycles. The van der Waals surface area contributed by atoms with Gasteiger partial charge >= 0.3 is 5.97 Å². The minimum Gasteiger partial charge on any atom is -0.480 e. The quantitative estimate of drug-likeness (QED) is 0.0476. The zero-order valence-corrected chi connectivity index (χ0v) is 19.1. The molecule has 0 spiro atoms. The first-order chi connectivity index (χ1) is 15.0. The Morgan fingerprint density at radius 3 is 2.09 bits per heavy atom. The molecule has 0 bridgehead atoms. The standard InChI is InChI=1S/C18H36N8O5S/c1-10(24-15(28)11(20)5-2-3-7-19)14(27)26-13(9-32)16(29)25-12(17(30)31)6-4-8-23-18(21)22/h10-13,32H,2-9,19-20H2,1H3,(H,24,28)(H,25,29)(H,26,27)(H,30,31)(H4,21,22,23). The molecule has 0 aliphatic carbocycles. The van der Waals surface area contributed by atoms with Crippen molar-refractivity contribution in [1.82, 2.24) is 16.0 Å². The number of guanidine groups is 1. The van der Waals surface area contributed by atoms with Gasteiger partial charge in [-0.1, -0.05) is 6.42 Å². The van der Waals surface area contributed by atoms with Crippen LogP contribution in [0.2, 0.25) is 0 Å². The Morgan fingerprint density at radius 1 is 0.938 bits per heavy atom. The van der Waals surface area contributed by atoms with Gasteiger partial charge in [-0.15, -0.1) is 0 Å². The van der Waals surface area contributed by atoms with Gasteiger partial charge in [0.1, 0.15) is 18.1 Å². The molecule has 32 heavy (non-hydrogen) atoms. The van der Waals surface area contributed by atoms with E-state index in [1.54, 1.807) is 0 Å². The fraction of sp³-hybridized carbons (Fsp3) is 0.722. The van der Waals surface area contributed by atoms with Gasteiger partial charge in [0, 0.05) is 12.3 Å². The summed E-state index contributed by atoms with van der Waals surface area (Å²) in [5.74, 6) is -3.30. The lowest BCUT2D eigenvalue weighted by molar-refractivity contribution is -0.142. The number of amides is 3. The number of aliphatic carboxylic acids is 1. The predicted molar refractivity (Wildman–Crippen MR) is 124 cm³/mol. The maximum atomic E-state index is 12.4. The number of carboxylic acid groups (broad SMARTS) is 1. The SMILES string of the molecule is CC(NC(=O)C(N)CCCCN)C(=O)NC(CS)C(=O)NC(CCCN=C(N)N)C(=O)O. The first kappa shape index (κ1) is 29.4. The minimum absolute atomic E-state index is 0.0829. The topological polar surface area (TPSA) is 241 Å². The third kappa shape index (κ3) is 12.3. The fourth-order valence-electron chi connectivity index (χ4n) is 2.55. The van der Waals surface area contributed by atoms with E-state index in [1.165, 1.54) is 6.92 Å². The van der Waals surface area contributed by atoms with Gasteiger partial charge in [0.25, 0.3) is 0 Å². The predicted octanol–water partition coefficient (Wildman–Crippen LogP) is -3.01. The lowest BCUT2D eigenvalue weighted by Gasteiger charge is -2.22. The van der Waals surface area contributed by atoms with E-state index < -0.39 is 47.9 Å². The number of aliphatic imine (C=N–C) groups is 1. The number of nitrogens with two attached hydrogens (primary N) is 4. The second-order valence-electron chi connectivity index (χ2n) is 7.21. The van der Waals surface area contributed by atoms with Crippen LogP contribution >= 0.6 is 12.6 Å². The molecule has 0 aliphatic heterocycles. The van der Waals surface area contributed by atoms with Crippen LogP contribution in [0.15, 0.2) is 4.99 Å². The summed E-state index contributed by atoms with van der Waals surface area (Å²) >= 11 is 4.04. The molecule has 0 radical (unpaired) electrons. The summed E-state index contributed by atoms with van der Waals surface area (Å²) in [7, 11) is 0. The van der Waals surface area contributed by atoms with Crippen LogP contribution in [0.3, 0.4) is 0 Å². The number of hydrogen-bond acceptors (Lipinski definition) is 8. The Labute approximate surface area is 192 Å². The van der Waals surface area contributed by atoms with E-state index in [1.807, 2.05) is 0 Å². The van der Waals surface area contributed by atoms with Crippen LogP contribution in [0, 0.1) is 0 Å². The number of carbonyl (C=O) groups is 4. The number of carbonyl (C=O) groups excluding carboxylic acids is 3. The van der Waals surface area contributed by atoms with Crippen molar-refractivity contribution in [1.29, 1.82) is 0 Å². The van der Waals surface area contributed by atoms with Crippen LogP contribution in [0.5, 0.6) is 0 Å². The molecule has 184 valence electrons. The second kappa shape index (κ2) is 16.1. The van der Waals surface area contributed by atoms with E-state index in [0.717, 1.165) is 6.42 Å². The van der Waals surface area contributed by atoms with Crippen molar-refractivity contribution in [3.63, 3.8) is 0 Å². The van der Waals surface area contributed by atoms with E-state index in [2.05, 4.69) is 33.6 Å². The van der Waals surface area contributed by atoms with Gasteiger partial charge in [-0.2, -0.15) is 12.6 Å². The highest BCUT2D eigenvalue weighted by Gasteiger charge is 2.27. The highest BCUT2D eigenvalue weighted by atomic mass is 32.1. The summed E-state index contributed by atoms with van der Waals surface area (Å²) in [6, 6.07) is -4.05. The number of carboxylic acids is 1. The Balaban J connectivity index is 4.74. The van der Waals surface area contributed by atoms with Gasteiger partial charge < -0.3 is 44.0 Å². The molecule has 14 heteroatoms. The molecule has 4 unspecified atom stereocenters. The Bertz CT molecular complexity index is 659. The Kier molecular flexibility index (Phi) is 14.8. The molecule has 0 saturated carbocycles. The maximum absolute atomic E-state index is 12.4. The van der Waals surface area contributed by atoms with Gasteiger partial charge in [0.2, 0.25) is 17.7 Å². The van der Waals surface area contributed by atoms with Crippen molar-refractivity contribution in [2.45, 2.75) is 63.2 Å². The summed E-state index contributed by atoms with van der Waals surface area (Å²) < 4.78 is 0. The van der Waals surface area contributed by atoms with Crippen molar-refractivity contribution in [3.8, 4) is 0 Å². The number of thiol groups is 1. The molecular formula is C18H36N8O5S. The molecule has 3 amide bonds. The average molecular weight is 477 g/mol. The third-order valence-electron chi connectivity index (χ3n) is 4.43. The highest BCUT2D eigenvalue weighted by Crippen LogP contribution is 2.02. The lowest BCUT2D eigenvalue weighted by Crippen LogP contribution is -2.57. The van der Waals surface area contributed by atoms with E-state index in [4.69, 9.17) is 22.9 Å². The van der Waals surface area contributed by atoms with Crippen LogP contribution in [-0.2, 0) is 19.2 Å². The van der Waals surface area contributed by atoms with Crippen LogP contribution in [0.4, 0.5) is 0 Å². The number of rotatable bonds is 16. The first-order valence-corrected chi connectivity index (χ1v) is 10.9. The number of nitrogens with one attached hydrogen (secondary N) is 3. The first-order valence-electron chi connectivity index (χ1n) is 10.3. The van der Waals surface area contributed by atoms with Crippen molar-refractivity contribution < 1.29 is 24.3 Å². The summed E-state index contributed by atoms with van der Waals surface area (Å²) in [4.78, 5) is 52.1. The van der Waals surface area contributed by atoms with E-state index >= 15 is 0 Å². The second-order valence-corrected chi connectivity index (χ2v) is 7.58. The van der Waals surface area contributed by atoms with Crippen LogP contribution in [-0.4, -0.2) is 77.8 Å². The molecule has 4 atom stereocenters. The van der Waals surface area contributed by atoms with Crippen LogP contribution < -0.4 is 38.9 Å². The number of hydrogen-bond donors (Lipinski definition) is 9. The van der Waals surface area contributed by atoms with Gasteiger partial charge in [-0.05, 0) is 39.2 Å². The van der Waals surface area contributed by atoms with Gasteiger partial charge in [-0.25, -0.2) is 4.79 Å². The summed E-state index contributed by atoms with van der Waals surface area (Å²) in [6.07, 6.45) is 2.26. The molecule has 0 aromatic carbocycles. The molecular weight excluding hydrogens is 440 g/mol. The van der Waals surface area contributed by atoms with Gasteiger partial charge in [0.15, 0.2) is 5.96 Å². The molecule has 0 aromatic heterocycles. The van der Waals surface area contributed by atoms with Crippen molar-refractivity contribution in [3.05, 3.63) is 0 Å². The van der Waals surface area contributed by atoms with E-state index in [0.29, 0.717) is 25.8 Å². The normalized spacial score (nSPS) is 14.4. The molecule has 0 aliphatic rings. The fourth-order valence-corrected chi connectivity index (χ4v) is 2.81. The molecule has 13 nitrogen and oxygen atoms in total. The summed E-state index contributed by atoms with van der Waals surface area (Å²) in [5.41, 5.74) is 21.6.